The number of hydrogen-bond donors (Lipinski definition) is 5. The van der Waals surface area contributed by atoms with Gasteiger partial charge in [-0.05, 0) is 57.4 Å². The van der Waals surface area contributed by atoms with Gasteiger partial charge >= 0.3 is 0 Å². The number of rotatable bonds is 4. The van der Waals surface area contributed by atoms with E-state index in [1.165, 1.54) is 37.0 Å². The summed E-state index contributed by atoms with van der Waals surface area (Å²) < 4.78 is 0. The van der Waals surface area contributed by atoms with Crippen LogP contribution in [0.4, 0.5) is 17.1 Å². The van der Waals surface area contributed by atoms with Crippen LogP contribution in [0.3, 0.4) is 0 Å². The average Bonchev–Trinajstić information content (AvgIpc) is 2.99. The summed E-state index contributed by atoms with van der Waals surface area (Å²) in [7, 11) is 0. The van der Waals surface area contributed by atoms with Crippen LogP contribution in [0.25, 0.3) is 0 Å². The first kappa shape index (κ1) is 18.0. The predicted octanol–water partition coefficient (Wildman–Crippen LogP) is 1.56. The molecule has 0 radical (unpaired) electrons. The van der Waals surface area contributed by atoms with Gasteiger partial charge in [0.05, 0.1) is 6.07 Å². The van der Waals surface area contributed by atoms with Gasteiger partial charge in [0.1, 0.15) is 5.69 Å². The highest BCUT2D eigenvalue weighted by atomic mass is 16.8. The van der Waals surface area contributed by atoms with Crippen LogP contribution >= 0.6 is 0 Å². The van der Waals surface area contributed by atoms with Crippen molar-refractivity contribution >= 4 is 22.8 Å². The third kappa shape index (κ3) is 4.06. The van der Waals surface area contributed by atoms with Crippen molar-refractivity contribution in [1.29, 1.82) is 0 Å². The van der Waals surface area contributed by atoms with E-state index in [1.54, 1.807) is 5.57 Å². The lowest BCUT2D eigenvalue weighted by Gasteiger charge is -2.18. The molecular formula is C17H24N4O4. The Morgan fingerprint density at radius 1 is 1.16 bits per heavy atom. The summed E-state index contributed by atoms with van der Waals surface area (Å²) in [5.74, 6) is 0.566. The molecule has 0 aliphatic heterocycles. The van der Waals surface area contributed by atoms with Gasteiger partial charge in [0, 0.05) is 11.8 Å². The maximum absolute atomic E-state index is 11.4. The monoisotopic (exact) mass is 348 g/mol. The number of fused-ring (bicyclic) bond motifs is 1. The van der Waals surface area contributed by atoms with Crippen molar-refractivity contribution in [2.75, 3.05) is 5.43 Å². The van der Waals surface area contributed by atoms with Crippen LogP contribution in [0.2, 0.25) is 0 Å². The standard InChI is InChI=1S/C17H24N4O4/c1-11-5-6-13(9-12-3-2-4-15(11)12)18-19-16-8-7-14(20(22)23)10-17(16)21(24)25/h7-8,10,12,19-22,24H,2-6,9H2,1H3/b18-13+. The molecule has 5 N–H and O–H groups in total. The Hall–Kier alpha value is -1.81. The summed E-state index contributed by atoms with van der Waals surface area (Å²) in [5, 5.41) is 42.9. The fraction of sp³-hybridized carbons (Fsp3) is 0.471. The predicted molar refractivity (Wildman–Crippen MR) is 92.9 cm³/mol. The van der Waals surface area contributed by atoms with E-state index in [2.05, 4.69) is 17.5 Å². The molecule has 1 aromatic rings. The molecule has 8 nitrogen and oxygen atoms in total. The van der Waals surface area contributed by atoms with Crippen LogP contribution in [0.15, 0.2) is 34.4 Å². The molecule has 0 saturated heterocycles. The van der Waals surface area contributed by atoms with E-state index in [1.807, 2.05) is 0 Å². The molecule has 1 aromatic carbocycles. The maximum Gasteiger partial charge on any atom is 0.195 e. The van der Waals surface area contributed by atoms with Crippen LogP contribution in [0, 0.1) is 16.3 Å². The minimum absolute atomic E-state index is 0.0551. The molecule has 8 heteroatoms. The van der Waals surface area contributed by atoms with Crippen molar-refractivity contribution in [2.45, 2.75) is 45.4 Å². The van der Waals surface area contributed by atoms with Crippen LogP contribution in [0.1, 0.15) is 45.4 Å². The molecule has 3 unspecified atom stereocenters. The molecule has 3 rings (SSSR count). The first-order valence-corrected chi connectivity index (χ1v) is 8.56. The molecule has 2 aliphatic rings. The lowest BCUT2D eigenvalue weighted by molar-refractivity contribution is -0.996. The zero-order chi connectivity index (χ0) is 18.0. The summed E-state index contributed by atoms with van der Waals surface area (Å²) in [6, 6.07) is 3.99. The zero-order valence-corrected chi connectivity index (χ0v) is 14.2. The minimum atomic E-state index is -1.18. The molecule has 0 heterocycles. The summed E-state index contributed by atoms with van der Waals surface area (Å²) in [5.41, 5.74) is 7.12. The Morgan fingerprint density at radius 3 is 2.68 bits per heavy atom. The van der Waals surface area contributed by atoms with Gasteiger partial charge < -0.3 is 10.4 Å². The molecular weight excluding hydrogens is 324 g/mol. The molecule has 136 valence electrons. The smallest absolute Gasteiger partial charge is 0.195 e. The lowest BCUT2D eigenvalue weighted by atomic mass is 9.96. The Kier molecular flexibility index (Phi) is 5.48. The quantitative estimate of drug-likeness (QED) is 0.418. The highest BCUT2D eigenvalue weighted by molar-refractivity contribution is 5.86. The van der Waals surface area contributed by atoms with Crippen molar-refractivity contribution in [3.63, 3.8) is 0 Å². The molecule has 1 fully saturated rings. The fourth-order valence-corrected chi connectivity index (χ4v) is 3.78. The molecule has 25 heavy (non-hydrogen) atoms. The zero-order valence-electron chi connectivity index (χ0n) is 14.2. The van der Waals surface area contributed by atoms with E-state index in [9.17, 15) is 15.6 Å². The number of nitrogens with one attached hydrogen (secondary N) is 3. The molecule has 1 saturated carbocycles. The van der Waals surface area contributed by atoms with Gasteiger partial charge in [-0.3, -0.25) is 5.43 Å². The van der Waals surface area contributed by atoms with E-state index in [0.29, 0.717) is 11.6 Å². The van der Waals surface area contributed by atoms with Gasteiger partial charge in [0.25, 0.3) is 0 Å². The third-order valence-electron chi connectivity index (χ3n) is 5.14. The van der Waals surface area contributed by atoms with Gasteiger partial charge in [-0.2, -0.15) is 15.6 Å². The second-order valence-electron chi connectivity index (χ2n) is 6.76. The summed E-state index contributed by atoms with van der Waals surface area (Å²) in [4.78, 5) is 0. The molecule has 0 bridgehead atoms. The Labute approximate surface area is 146 Å². The van der Waals surface area contributed by atoms with Crippen molar-refractivity contribution in [1.82, 2.24) is 0 Å². The molecule has 2 aliphatic carbocycles. The van der Waals surface area contributed by atoms with E-state index in [-0.39, 0.29) is 11.4 Å². The Bertz CT molecular complexity index is 700. The minimum Gasteiger partial charge on any atom is -0.595 e. The number of hydrazone groups is 1. The number of anilines is 1. The second kappa shape index (κ2) is 7.61. The second-order valence-corrected chi connectivity index (χ2v) is 6.76. The Balaban J connectivity index is 1.78. The normalized spacial score (nSPS) is 24.8. The first-order chi connectivity index (χ1) is 12.0. The van der Waals surface area contributed by atoms with E-state index >= 15 is 0 Å². The van der Waals surface area contributed by atoms with Crippen molar-refractivity contribution in [3.8, 4) is 0 Å². The highest BCUT2D eigenvalue weighted by Gasteiger charge is 2.27. The molecule has 0 amide bonds. The Morgan fingerprint density at radius 2 is 1.96 bits per heavy atom. The van der Waals surface area contributed by atoms with Gasteiger partial charge in [-0.1, -0.05) is 11.1 Å². The molecule has 3 atom stereocenters. The third-order valence-corrected chi connectivity index (χ3v) is 5.14. The number of benzene rings is 1. The number of quaternary nitrogens is 2. The van der Waals surface area contributed by atoms with Crippen molar-refractivity contribution in [2.24, 2.45) is 11.0 Å². The van der Waals surface area contributed by atoms with Gasteiger partial charge in [-0.15, -0.1) is 0 Å². The molecule has 0 spiro atoms. The largest absolute Gasteiger partial charge is 0.595 e. The van der Waals surface area contributed by atoms with Crippen molar-refractivity contribution in [3.05, 3.63) is 39.8 Å². The summed E-state index contributed by atoms with van der Waals surface area (Å²) in [6.45, 7) is 2.21. The first-order valence-electron chi connectivity index (χ1n) is 8.56. The van der Waals surface area contributed by atoms with E-state index in [4.69, 9.17) is 5.21 Å². The van der Waals surface area contributed by atoms with Gasteiger partial charge in [0.2, 0.25) is 0 Å². The van der Waals surface area contributed by atoms with Gasteiger partial charge in [0.15, 0.2) is 11.4 Å². The topological polar surface area (TPSA) is 120 Å². The van der Waals surface area contributed by atoms with E-state index in [0.717, 1.165) is 31.0 Å². The summed E-state index contributed by atoms with van der Waals surface area (Å²) >= 11 is 0. The number of hydrogen-bond acceptors (Lipinski definition) is 6. The maximum atomic E-state index is 11.4. The highest BCUT2D eigenvalue weighted by Crippen LogP contribution is 2.39. The van der Waals surface area contributed by atoms with Crippen molar-refractivity contribution < 1.29 is 20.9 Å². The number of allylic oxidation sites excluding steroid dienone is 2. The van der Waals surface area contributed by atoms with Crippen LogP contribution in [-0.2, 0) is 0 Å². The molecule has 0 aromatic heterocycles. The van der Waals surface area contributed by atoms with E-state index < -0.39 is 10.5 Å². The fourth-order valence-electron chi connectivity index (χ4n) is 3.78. The van der Waals surface area contributed by atoms with Crippen LogP contribution < -0.4 is 15.9 Å². The summed E-state index contributed by atoms with van der Waals surface area (Å²) in [6.07, 6.45) is 6.40. The van der Waals surface area contributed by atoms with Crippen LogP contribution in [-0.4, -0.2) is 16.1 Å². The van der Waals surface area contributed by atoms with Gasteiger partial charge in [-0.25, -0.2) is 10.4 Å². The SMILES string of the molecule is CC1=C2CCCC2C/C(=N/Nc2ccc([NH+]([O-])O)cc2[NH+]([O-])O)CC1. The average molecular weight is 348 g/mol. The number of nitrogens with zero attached hydrogens (tertiary/aromatic N) is 1. The lowest BCUT2D eigenvalue weighted by Crippen LogP contribution is -3.00. The van der Waals surface area contributed by atoms with Crippen LogP contribution in [0.5, 0.6) is 0 Å².